The van der Waals surface area contributed by atoms with Gasteiger partial charge in [-0.3, -0.25) is 4.79 Å². The molecule has 0 saturated heterocycles. The second kappa shape index (κ2) is 3.43. The van der Waals surface area contributed by atoms with Crippen LogP contribution in [0.3, 0.4) is 0 Å². The first-order valence-electron chi connectivity index (χ1n) is 3.00. The highest BCUT2D eigenvalue weighted by molar-refractivity contribution is 7.13. The average molecular weight is 174 g/mol. The second-order valence-electron chi connectivity index (χ2n) is 1.96. The molecule has 1 amide bonds. The Morgan fingerprint density at radius 2 is 2.64 bits per heavy atom. The van der Waals surface area contributed by atoms with Crippen LogP contribution in [0.2, 0.25) is 0 Å². The lowest BCUT2D eigenvalue weighted by atomic mass is 10.6. The van der Waals surface area contributed by atoms with E-state index in [-0.39, 0.29) is 5.91 Å². The van der Waals surface area contributed by atoms with E-state index in [1.54, 1.807) is 5.38 Å². The number of amides is 1. The van der Waals surface area contributed by atoms with Crippen LogP contribution in [0.15, 0.2) is 5.38 Å². The maximum Gasteiger partial charge on any atom is 0.223 e. The molecule has 1 heterocycles. The van der Waals surface area contributed by atoms with Gasteiger partial charge in [0.15, 0.2) is 5.13 Å². The molecule has 11 heavy (non-hydrogen) atoms. The SMILES string of the molecule is CC(=O)Nc1nc(CF)cs1. The number of rotatable bonds is 2. The summed E-state index contributed by atoms with van der Waals surface area (Å²) in [5.41, 5.74) is 0.360. The number of aromatic nitrogens is 1. The van der Waals surface area contributed by atoms with Crippen molar-refractivity contribution >= 4 is 22.4 Å². The van der Waals surface area contributed by atoms with E-state index in [0.29, 0.717) is 10.8 Å². The second-order valence-corrected chi connectivity index (χ2v) is 2.82. The van der Waals surface area contributed by atoms with Crippen molar-refractivity contribution in [3.63, 3.8) is 0 Å². The molecule has 0 aromatic carbocycles. The molecule has 5 heteroatoms. The molecule has 0 aliphatic carbocycles. The van der Waals surface area contributed by atoms with Crippen molar-refractivity contribution in [1.82, 2.24) is 4.98 Å². The van der Waals surface area contributed by atoms with Crippen molar-refractivity contribution in [3.8, 4) is 0 Å². The number of anilines is 1. The van der Waals surface area contributed by atoms with Gasteiger partial charge in [0.1, 0.15) is 6.67 Å². The number of thiazole rings is 1. The van der Waals surface area contributed by atoms with E-state index in [4.69, 9.17) is 0 Å². The van der Waals surface area contributed by atoms with E-state index in [1.165, 1.54) is 18.3 Å². The Bertz CT molecular complexity index is 261. The molecule has 0 unspecified atom stereocenters. The monoisotopic (exact) mass is 174 g/mol. The zero-order valence-corrected chi connectivity index (χ0v) is 6.74. The van der Waals surface area contributed by atoms with E-state index < -0.39 is 6.67 Å². The molecule has 3 nitrogen and oxygen atoms in total. The summed E-state index contributed by atoms with van der Waals surface area (Å²) in [7, 11) is 0. The van der Waals surface area contributed by atoms with Crippen LogP contribution in [0.4, 0.5) is 9.52 Å². The number of hydrogen-bond acceptors (Lipinski definition) is 3. The minimum Gasteiger partial charge on any atom is -0.302 e. The number of carbonyl (C=O) groups is 1. The molecule has 1 aromatic rings. The molecule has 0 fully saturated rings. The van der Waals surface area contributed by atoms with Crippen molar-refractivity contribution < 1.29 is 9.18 Å². The molecule has 0 saturated carbocycles. The van der Waals surface area contributed by atoms with Gasteiger partial charge in [0, 0.05) is 12.3 Å². The van der Waals surface area contributed by atoms with Gasteiger partial charge in [-0.25, -0.2) is 9.37 Å². The zero-order chi connectivity index (χ0) is 8.27. The van der Waals surface area contributed by atoms with Gasteiger partial charge in [0.25, 0.3) is 0 Å². The van der Waals surface area contributed by atoms with Gasteiger partial charge in [-0.1, -0.05) is 0 Å². The largest absolute Gasteiger partial charge is 0.302 e. The number of nitrogens with one attached hydrogen (secondary N) is 1. The van der Waals surface area contributed by atoms with Crippen LogP contribution in [0.25, 0.3) is 0 Å². The Hall–Kier alpha value is -0.970. The van der Waals surface area contributed by atoms with E-state index >= 15 is 0 Å². The van der Waals surface area contributed by atoms with Crippen LogP contribution in [-0.2, 0) is 11.5 Å². The summed E-state index contributed by atoms with van der Waals surface area (Å²) in [4.78, 5) is 14.3. The van der Waals surface area contributed by atoms with Gasteiger partial charge in [0.2, 0.25) is 5.91 Å². The van der Waals surface area contributed by atoms with Crippen molar-refractivity contribution in [2.75, 3.05) is 5.32 Å². The lowest BCUT2D eigenvalue weighted by molar-refractivity contribution is -0.114. The van der Waals surface area contributed by atoms with Crippen LogP contribution in [0.1, 0.15) is 12.6 Å². The predicted molar refractivity (Wildman–Crippen MR) is 41.2 cm³/mol. The highest BCUT2D eigenvalue weighted by Gasteiger charge is 2.01. The fourth-order valence-electron chi connectivity index (χ4n) is 0.576. The minimum atomic E-state index is -0.587. The normalized spacial score (nSPS) is 9.64. The van der Waals surface area contributed by atoms with E-state index in [9.17, 15) is 9.18 Å². The quantitative estimate of drug-likeness (QED) is 0.739. The highest BCUT2D eigenvalue weighted by atomic mass is 32.1. The summed E-state index contributed by atoms with van der Waals surface area (Å²) >= 11 is 1.22. The Balaban J connectivity index is 2.65. The summed E-state index contributed by atoms with van der Waals surface area (Å²) in [5, 5.41) is 4.49. The smallest absolute Gasteiger partial charge is 0.223 e. The number of nitrogens with zero attached hydrogens (tertiary/aromatic N) is 1. The fraction of sp³-hybridized carbons (Fsp3) is 0.333. The van der Waals surface area contributed by atoms with Gasteiger partial charge in [-0.15, -0.1) is 11.3 Å². The predicted octanol–water partition coefficient (Wildman–Crippen LogP) is 1.57. The van der Waals surface area contributed by atoms with E-state index in [2.05, 4.69) is 10.3 Å². The molecule has 0 radical (unpaired) electrons. The fourth-order valence-corrected chi connectivity index (χ4v) is 1.31. The van der Waals surface area contributed by atoms with Gasteiger partial charge in [-0.05, 0) is 0 Å². The van der Waals surface area contributed by atoms with Crippen molar-refractivity contribution in [2.24, 2.45) is 0 Å². The maximum atomic E-state index is 11.9. The minimum absolute atomic E-state index is 0.190. The molecular formula is C6H7FN2OS. The molecule has 1 rings (SSSR count). The number of carbonyl (C=O) groups excluding carboxylic acids is 1. The van der Waals surface area contributed by atoms with Gasteiger partial charge >= 0.3 is 0 Å². The molecule has 1 N–H and O–H groups in total. The first-order chi connectivity index (χ1) is 5.22. The summed E-state index contributed by atoms with van der Waals surface area (Å²) < 4.78 is 11.9. The van der Waals surface area contributed by atoms with Crippen LogP contribution >= 0.6 is 11.3 Å². The lowest BCUT2D eigenvalue weighted by Crippen LogP contribution is -2.05. The Morgan fingerprint density at radius 3 is 3.09 bits per heavy atom. The van der Waals surface area contributed by atoms with Crippen molar-refractivity contribution in [3.05, 3.63) is 11.1 Å². The maximum absolute atomic E-state index is 11.9. The van der Waals surface area contributed by atoms with Gasteiger partial charge in [-0.2, -0.15) is 0 Å². The first-order valence-corrected chi connectivity index (χ1v) is 3.88. The molecule has 60 valence electrons. The number of hydrogen-bond donors (Lipinski definition) is 1. The molecule has 1 aromatic heterocycles. The summed E-state index contributed by atoms with van der Waals surface area (Å²) in [6, 6.07) is 0. The van der Waals surface area contributed by atoms with E-state index in [0.717, 1.165) is 0 Å². The third-order valence-corrected chi connectivity index (χ3v) is 1.78. The molecule has 0 bridgehead atoms. The van der Waals surface area contributed by atoms with Crippen LogP contribution in [0, 0.1) is 0 Å². The molecule has 0 atom stereocenters. The zero-order valence-electron chi connectivity index (χ0n) is 5.93. The average Bonchev–Trinajstić information content (AvgIpc) is 2.34. The van der Waals surface area contributed by atoms with Gasteiger partial charge in [0.05, 0.1) is 5.69 Å². The number of halogens is 1. The number of alkyl halides is 1. The standard InChI is InChI=1S/C6H7FN2OS/c1-4(10)8-6-9-5(2-7)3-11-6/h3H,2H2,1H3,(H,8,9,10). The summed E-state index contributed by atoms with van der Waals surface area (Å²) in [6.45, 7) is 0.798. The molecular weight excluding hydrogens is 167 g/mol. The topological polar surface area (TPSA) is 42.0 Å². The highest BCUT2D eigenvalue weighted by Crippen LogP contribution is 2.15. The molecule has 0 aliphatic rings. The van der Waals surface area contributed by atoms with Crippen molar-refractivity contribution in [2.45, 2.75) is 13.6 Å². The first kappa shape index (κ1) is 8.13. The summed E-state index contributed by atoms with van der Waals surface area (Å²) in [6.07, 6.45) is 0. The van der Waals surface area contributed by atoms with Crippen LogP contribution in [-0.4, -0.2) is 10.9 Å². The third-order valence-electron chi connectivity index (χ3n) is 0.972. The Morgan fingerprint density at radius 1 is 1.91 bits per heavy atom. The lowest BCUT2D eigenvalue weighted by Gasteiger charge is -1.91. The van der Waals surface area contributed by atoms with Crippen molar-refractivity contribution in [1.29, 1.82) is 0 Å². The Kier molecular flexibility index (Phi) is 2.53. The van der Waals surface area contributed by atoms with E-state index in [1.807, 2.05) is 0 Å². The summed E-state index contributed by atoms with van der Waals surface area (Å²) in [5.74, 6) is -0.190. The third kappa shape index (κ3) is 2.27. The Labute approximate surface area is 67.3 Å². The molecule has 0 aliphatic heterocycles. The molecule has 0 spiro atoms. The van der Waals surface area contributed by atoms with Crippen LogP contribution in [0.5, 0.6) is 0 Å². The van der Waals surface area contributed by atoms with Crippen LogP contribution < -0.4 is 5.32 Å². The van der Waals surface area contributed by atoms with Gasteiger partial charge < -0.3 is 5.32 Å².